The minimum absolute atomic E-state index is 0.0224. The van der Waals surface area contributed by atoms with Gasteiger partial charge in [0.15, 0.2) is 11.5 Å². The van der Waals surface area contributed by atoms with Crippen molar-refractivity contribution >= 4 is 23.3 Å². The summed E-state index contributed by atoms with van der Waals surface area (Å²) < 4.78 is 82.0. The van der Waals surface area contributed by atoms with Crippen LogP contribution in [0.3, 0.4) is 0 Å². The van der Waals surface area contributed by atoms with E-state index in [2.05, 4.69) is 15.3 Å². The zero-order valence-electron chi connectivity index (χ0n) is 22.0. The van der Waals surface area contributed by atoms with Crippen LogP contribution in [0.4, 0.5) is 26.3 Å². The fraction of sp³-hybridized carbons (Fsp3) is 0.214. The van der Waals surface area contributed by atoms with Crippen molar-refractivity contribution in [2.45, 2.75) is 31.9 Å². The van der Waals surface area contributed by atoms with Gasteiger partial charge in [-0.05, 0) is 54.4 Å². The van der Waals surface area contributed by atoms with Crippen molar-refractivity contribution in [2.24, 2.45) is 0 Å². The first kappa shape index (κ1) is 30.0. The van der Waals surface area contributed by atoms with Crippen LogP contribution in [-0.2, 0) is 28.5 Å². The van der Waals surface area contributed by atoms with Gasteiger partial charge in [0, 0.05) is 29.5 Å². The Balaban J connectivity index is 1.69. The number of hydrogen-bond acceptors (Lipinski definition) is 7. The van der Waals surface area contributed by atoms with Gasteiger partial charge in [-0.3, -0.25) is 4.98 Å². The SMILES string of the molecule is CCN1OC(=O)C(=C(O)c2nnn(Cc3cc(C(F)(F)F)cc(C(F)(F)F)c3)c2-c2cccnc2)C1c1ccccc1Cl. The van der Waals surface area contributed by atoms with Gasteiger partial charge in [0.05, 0.1) is 17.7 Å². The number of pyridine rings is 1. The highest BCUT2D eigenvalue weighted by atomic mass is 35.5. The fourth-order valence-electron chi connectivity index (χ4n) is 4.73. The molecule has 1 unspecified atom stereocenters. The summed E-state index contributed by atoms with van der Waals surface area (Å²) in [6, 6.07) is 9.80. The lowest BCUT2D eigenvalue weighted by atomic mass is 9.96. The Hall–Kier alpha value is -4.43. The third-order valence-electron chi connectivity index (χ3n) is 6.62. The van der Waals surface area contributed by atoms with Crippen LogP contribution in [0, 0.1) is 0 Å². The van der Waals surface area contributed by atoms with E-state index in [1.54, 1.807) is 31.2 Å². The molecule has 1 aliphatic heterocycles. The number of hydrogen-bond donors (Lipinski definition) is 1. The summed E-state index contributed by atoms with van der Waals surface area (Å²) >= 11 is 6.40. The summed E-state index contributed by atoms with van der Waals surface area (Å²) in [5.74, 6) is -1.58. The maximum absolute atomic E-state index is 13.5. The van der Waals surface area contributed by atoms with Gasteiger partial charge < -0.3 is 9.94 Å². The Morgan fingerprint density at radius 2 is 1.70 bits per heavy atom. The predicted molar refractivity (Wildman–Crippen MR) is 141 cm³/mol. The lowest BCUT2D eigenvalue weighted by molar-refractivity contribution is -0.174. The summed E-state index contributed by atoms with van der Waals surface area (Å²) in [6.07, 6.45) is -7.35. The number of hydroxylamine groups is 2. The molecule has 1 atom stereocenters. The molecule has 3 heterocycles. The van der Waals surface area contributed by atoms with E-state index in [1.165, 1.54) is 29.6 Å². The Morgan fingerprint density at radius 1 is 1.02 bits per heavy atom. The third-order valence-corrected chi connectivity index (χ3v) is 6.97. The number of benzene rings is 2. The first-order valence-electron chi connectivity index (χ1n) is 12.6. The lowest BCUT2D eigenvalue weighted by Gasteiger charge is -2.21. The maximum Gasteiger partial charge on any atom is 0.416 e. The topological polar surface area (TPSA) is 93.4 Å². The monoisotopic (exact) mass is 623 g/mol. The Bertz CT molecular complexity index is 1670. The van der Waals surface area contributed by atoms with Gasteiger partial charge in [-0.15, -0.1) is 10.2 Å². The molecule has 0 spiro atoms. The zero-order valence-corrected chi connectivity index (χ0v) is 22.7. The number of likely N-dealkylation sites (N-methyl/N-ethyl adjacent to an activating group) is 1. The number of alkyl halides is 6. The first-order chi connectivity index (χ1) is 20.3. The molecular weight excluding hydrogens is 604 g/mol. The molecule has 0 saturated carbocycles. The molecule has 1 fully saturated rings. The van der Waals surface area contributed by atoms with E-state index in [0.29, 0.717) is 17.7 Å². The number of aliphatic hydroxyl groups is 1. The van der Waals surface area contributed by atoms with Crippen molar-refractivity contribution in [2.75, 3.05) is 6.54 Å². The van der Waals surface area contributed by atoms with Gasteiger partial charge in [0.25, 0.3) is 0 Å². The van der Waals surface area contributed by atoms with E-state index >= 15 is 0 Å². The van der Waals surface area contributed by atoms with Gasteiger partial charge >= 0.3 is 18.3 Å². The second-order valence-corrected chi connectivity index (χ2v) is 9.81. The number of carbonyl (C=O) groups is 1. The molecule has 2 aromatic heterocycles. The van der Waals surface area contributed by atoms with Crippen LogP contribution in [0.5, 0.6) is 0 Å². The number of aromatic nitrogens is 4. The first-order valence-corrected chi connectivity index (χ1v) is 13.0. The van der Waals surface area contributed by atoms with Crippen LogP contribution < -0.4 is 0 Å². The summed E-state index contributed by atoms with van der Waals surface area (Å²) in [4.78, 5) is 22.4. The minimum atomic E-state index is -5.06. The van der Waals surface area contributed by atoms with Crippen molar-refractivity contribution < 1.29 is 41.1 Å². The number of aliphatic hydroxyl groups excluding tert-OH is 1. The van der Waals surface area contributed by atoms with Crippen LogP contribution in [0.2, 0.25) is 5.02 Å². The molecule has 1 saturated heterocycles. The number of carbonyl (C=O) groups excluding carboxylic acids is 1. The average Bonchev–Trinajstić information content (AvgIpc) is 3.52. The quantitative estimate of drug-likeness (QED) is 0.142. The molecule has 0 bridgehead atoms. The Kier molecular flexibility index (Phi) is 7.92. The predicted octanol–water partition coefficient (Wildman–Crippen LogP) is 6.88. The summed E-state index contributed by atoms with van der Waals surface area (Å²) in [5.41, 5.74) is -3.25. The van der Waals surface area contributed by atoms with Crippen LogP contribution in [0.25, 0.3) is 17.0 Å². The van der Waals surface area contributed by atoms with Crippen LogP contribution in [-0.4, -0.2) is 42.7 Å². The van der Waals surface area contributed by atoms with Crippen molar-refractivity contribution in [1.29, 1.82) is 0 Å². The molecule has 2 aromatic carbocycles. The molecular formula is C28H20ClF6N5O3. The molecule has 0 aliphatic carbocycles. The summed E-state index contributed by atoms with van der Waals surface area (Å²) in [6.45, 7) is 1.31. The smallest absolute Gasteiger partial charge is 0.416 e. The van der Waals surface area contributed by atoms with E-state index in [9.17, 15) is 36.2 Å². The molecule has 8 nitrogen and oxygen atoms in total. The number of nitrogens with zero attached hydrogens (tertiary/aromatic N) is 5. The van der Waals surface area contributed by atoms with Crippen LogP contribution >= 0.6 is 11.6 Å². The number of halogens is 7. The van der Waals surface area contributed by atoms with E-state index < -0.39 is 47.8 Å². The van der Waals surface area contributed by atoms with Gasteiger partial charge in [-0.1, -0.05) is 35.0 Å². The third kappa shape index (κ3) is 5.92. The molecule has 1 aliphatic rings. The fourth-order valence-corrected chi connectivity index (χ4v) is 4.97. The normalized spacial score (nSPS) is 17.3. The van der Waals surface area contributed by atoms with Gasteiger partial charge in [-0.2, -0.15) is 26.3 Å². The summed E-state index contributed by atoms with van der Waals surface area (Å²) in [7, 11) is 0. The zero-order chi connectivity index (χ0) is 31.1. The second kappa shape index (κ2) is 11.3. The van der Waals surface area contributed by atoms with E-state index in [1.807, 2.05) is 0 Å². The highest BCUT2D eigenvalue weighted by Crippen LogP contribution is 2.43. The molecule has 5 rings (SSSR count). The lowest BCUT2D eigenvalue weighted by Crippen LogP contribution is -2.22. The van der Waals surface area contributed by atoms with Crippen molar-refractivity contribution in [3.63, 3.8) is 0 Å². The van der Waals surface area contributed by atoms with Crippen molar-refractivity contribution in [3.8, 4) is 11.3 Å². The highest BCUT2D eigenvalue weighted by molar-refractivity contribution is 6.31. The van der Waals surface area contributed by atoms with E-state index in [0.717, 1.165) is 4.68 Å². The number of rotatable bonds is 6. The molecule has 224 valence electrons. The molecule has 4 aromatic rings. The average molecular weight is 624 g/mol. The largest absolute Gasteiger partial charge is 0.505 e. The maximum atomic E-state index is 13.5. The van der Waals surface area contributed by atoms with Crippen molar-refractivity contribution in [1.82, 2.24) is 25.0 Å². The highest BCUT2D eigenvalue weighted by Gasteiger charge is 2.43. The van der Waals surface area contributed by atoms with E-state index in [-0.39, 0.29) is 45.7 Å². The van der Waals surface area contributed by atoms with E-state index in [4.69, 9.17) is 16.4 Å². The molecule has 0 radical (unpaired) electrons. The van der Waals surface area contributed by atoms with Crippen molar-refractivity contribution in [3.05, 3.63) is 106 Å². The van der Waals surface area contributed by atoms with Crippen LogP contribution in [0.15, 0.2) is 72.6 Å². The molecule has 15 heteroatoms. The Labute approximate surface area is 244 Å². The Morgan fingerprint density at radius 3 is 2.28 bits per heavy atom. The molecule has 1 N–H and O–H groups in total. The second-order valence-electron chi connectivity index (χ2n) is 9.40. The minimum Gasteiger partial charge on any atom is -0.505 e. The molecule has 0 amide bonds. The molecule has 43 heavy (non-hydrogen) atoms. The standard InChI is InChI=1S/C28H20ClF6N5O3/c1-2-40-24(19-7-3-4-8-20(19)29)21(26(42)43-40)25(41)22-23(16-6-5-9-36-13-16)39(38-37-22)14-15-10-17(27(30,31)32)12-18(11-15)28(33,34)35/h3-13,24,41H,2,14H2,1H3. The van der Waals surface area contributed by atoms with Gasteiger partial charge in [0.1, 0.15) is 17.3 Å². The van der Waals surface area contributed by atoms with Crippen LogP contribution in [0.1, 0.15) is 40.9 Å². The van der Waals surface area contributed by atoms with Gasteiger partial charge in [0.2, 0.25) is 0 Å². The van der Waals surface area contributed by atoms with Gasteiger partial charge in [-0.25, -0.2) is 9.48 Å². The summed E-state index contributed by atoms with van der Waals surface area (Å²) in [5, 5.41) is 21.0.